The van der Waals surface area contributed by atoms with Gasteiger partial charge in [-0.05, 0) is 30.5 Å². The quantitative estimate of drug-likeness (QED) is 0.644. The molecule has 3 rings (SSSR count). The van der Waals surface area contributed by atoms with Crippen LogP contribution in [0.4, 0.5) is 0 Å². The average molecular weight is 314 g/mol. The summed E-state index contributed by atoms with van der Waals surface area (Å²) in [4.78, 5) is 4.56. The molecule has 1 aromatic carbocycles. The summed E-state index contributed by atoms with van der Waals surface area (Å²) in [6.07, 6.45) is 5.32. The second kappa shape index (κ2) is 6.62. The highest BCUT2D eigenvalue weighted by Crippen LogP contribution is 2.18. The van der Waals surface area contributed by atoms with Crippen molar-refractivity contribution in [2.45, 2.75) is 19.4 Å². The number of benzene rings is 1. The lowest BCUT2D eigenvalue weighted by molar-refractivity contribution is 0.285. The fourth-order valence-corrected chi connectivity index (χ4v) is 2.28. The number of hydrogen-bond acceptors (Lipinski definition) is 3. The maximum atomic E-state index is 5.92. The van der Waals surface area contributed by atoms with Gasteiger partial charge in [-0.1, -0.05) is 29.8 Å². The average Bonchev–Trinajstić information content (AvgIpc) is 3.00. The highest BCUT2D eigenvalue weighted by atomic mass is 35.5. The summed E-state index contributed by atoms with van der Waals surface area (Å²) in [6, 6.07) is 11.4. The number of nitrogens with zero attached hydrogens (tertiary/aromatic N) is 3. The van der Waals surface area contributed by atoms with E-state index >= 15 is 0 Å². The molecule has 5 heteroatoms. The minimum atomic E-state index is 0.455. The lowest BCUT2D eigenvalue weighted by atomic mass is 10.2. The van der Waals surface area contributed by atoms with Crippen LogP contribution in [0.5, 0.6) is 5.88 Å². The smallest absolute Gasteiger partial charge is 0.218 e. The molecule has 0 N–H and O–H groups in total. The molecule has 0 bridgehead atoms. The Hall–Kier alpha value is -2.33. The van der Waals surface area contributed by atoms with Crippen molar-refractivity contribution < 1.29 is 4.74 Å². The molecule has 0 aliphatic carbocycles. The number of aryl methyl sites for hydroxylation is 1. The summed E-state index contributed by atoms with van der Waals surface area (Å²) in [5.74, 6) is 0.684. The van der Waals surface area contributed by atoms with E-state index in [1.165, 1.54) is 0 Å². The third-order valence-corrected chi connectivity index (χ3v) is 3.54. The minimum Gasteiger partial charge on any atom is -0.473 e. The van der Waals surface area contributed by atoms with Gasteiger partial charge in [0.1, 0.15) is 6.61 Å². The number of rotatable bonds is 6. The monoisotopic (exact) mass is 313 g/mol. The van der Waals surface area contributed by atoms with Crippen LogP contribution in [0.1, 0.15) is 17.7 Å². The van der Waals surface area contributed by atoms with Gasteiger partial charge in [-0.2, -0.15) is 9.61 Å². The molecule has 2 heterocycles. The van der Waals surface area contributed by atoms with E-state index in [0.717, 1.165) is 29.7 Å². The predicted molar refractivity (Wildman–Crippen MR) is 87.3 cm³/mol. The number of fused-ring (bicyclic) bond motifs is 1. The van der Waals surface area contributed by atoms with Crippen molar-refractivity contribution >= 4 is 17.2 Å². The van der Waals surface area contributed by atoms with Gasteiger partial charge in [0.2, 0.25) is 5.88 Å². The summed E-state index contributed by atoms with van der Waals surface area (Å²) in [6.45, 7) is 4.20. The number of aromatic nitrogens is 3. The van der Waals surface area contributed by atoms with Crippen LogP contribution in [0.15, 0.2) is 55.3 Å². The normalized spacial score (nSPS) is 10.8. The van der Waals surface area contributed by atoms with Crippen LogP contribution in [-0.4, -0.2) is 14.6 Å². The molecule has 2 aromatic heterocycles. The third kappa shape index (κ3) is 3.28. The second-order valence-corrected chi connectivity index (χ2v) is 5.37. The maximum absolute atomic E-state index is 5.92. The molecular formula is C17H16ClN3O. The Morgan fingerprint density at radius 1 is 1.23 bits per heavy atom. The summed E-state index contributed by atoms with van der Waals surface area (Å²) in [5.41, 5.74) is 2.81. The van der Waals surface area contributed by atoms with Crippen molar-refractivity contribution in [3.05, 3.63) is 71.5 Å². The molecule has 0 saturated carbocycles. The topological polar surface area (TPSA) is 39.4 Å². The molecular weight excluding hydrogens is 298 g/mol. The molecule has 0 amide bonds. The van der Waals surface area contributed by atoms with Gasteiger partial charge in [-0.3, -0.25) is 0 Å². The SMILES string of the molecule is C=CCCc1cc(OCc2ccc(Cl)cc2)n2nccc2n1. The van der Waals surface area contributed by atoms with E-state index in [1.807, 2.05) is 42.5 Å². The zero-order valence-corrected chi connectivity index (χ0v) is 12.8. The van der Waals surface area contributed by atoms with Gasteiger partial charge in [0, 0.05) is 22.8 Å². The van der Waals surface area contributed by atoms with Crippen LogP contribution in [0, 0.1) is 0 Å². The molecule has 0 atom stereocenters. The third-order valence-electron chi connectivity index (χ3n) is 3.28. The van der Waals surface area contributed by atoms with E-state index in [4.69, 9.17) is 16.3 Å². The van der Waals surface area contributed by atoms with Crippen LogP contribution >= 0.6 is 11.6 Å². The maximum Gasteiger partial charge on any atom is 0.218 e. The number of halogens is 1. The number of hydrogen-bond donors (Lipinski definition) is 0. The largest absolute Gasteiger partial charge is 0.473 e. The zero-order chi connectivity index (χ0) is 15.4. The van der Waals surface area contributed by atoms with Crippen molar-refractivity contribution in [1.29, 1.82) is 0 Å². The first-order valence-corrected chi connectivity index (χ1v) is 7.46. The van der Waals surface area contributed by atoms with Gasteiger partial charge in [0.15, 0.2) is 5.65 Å². The van der Waals surface area contributed by atoms with Gasteiger partial charge in [-0.25, -0.2) is 4.98 Å². The van der Waals surface area contributed by atoms with E-state index in [9.17, 15) is 0 Å². The Morgan fingerprint density at radius 3 is 2.82 bits per heavy atom. The molecule has 4 nitrogen and oxygen atoms in total. The molecule has 0 spiro atoms. The van der Waals surface area contributed by atoms with Crippen molar-refractivity contribution in [2.24, 2.45) is 0 Å². The van der Waals surface area contributed by atoms with Gasteiger partial charge in [0.05, 0.1) is 6.20 Å². The van der Waals surface area contributed by atoms with E-state index in [1.54, 1.807) is 10.7 Å². The summed E-state index contributed by atoms with van der Waals surface area (Å²) in [7, 11) is 0. The fraction of sp³-hybridized carbons (Fsp3) is 0.176. The number of ether oxygens (including phenoxy) is 1. The Kier molecular flexibility index (Phi) is 4.39. The van der Waals surface area contributed by atoms with Crippen molar-refractivity contribution in [3.63, 3.8) is 0 Å². The number of allylic oxidation sites excluding steroid dienone is 1. The molecule has 0 saturated heterocycles. The Balaban J connectivity index is 1.83. The summed E-state index contributed by atoms with van der Waals surface area (Å²) < 4.78 is 7.62. The van der Waals surface area contributed by atoms with Crippen LogP contribution in [0.25, 0.3) is 5.65 Å². The Labute approximate surface area is 134 Å². The molecule has 0 unspecified atom stereocenters. The first-order chi connectivity index (χ1) is 10.8. The molecule has 0 aliphatic heterocycles. The van der Waals surface area contributed by atoms with E-state index in [-0.39, 0.29) is 0 Å². The first-order valence-electron chi connectivity index (χ1n) is 7.08. The van der Waals surface area contributed by atoms with Gasteiger partial charge < -0.3 is 4.74 Å². The summed E-state index contributed by atoms with van der Waals surface area (Å²) >= 11 is 5.89. The van der Waals surface area contributed by atoms with Crippen molar-refractivity contribution in [1.82, 2.24) is 14.6 Å². The standard InChI is InChI=1S/C17H16ClN3O/c1-2-3-4-15-11-17(21-16(20-15)9-10-19-21)22-12-13-5-7-14(18)8-6-13/h2,5-11H,1,3-4,12H2. The van der Waals surface area contributed by atoms with Crippen LogP contribution in [0.2, 0.25) is 5.02 Å². The van der Waals surface area contributed by atoms with Crippen molar-refractivity contribution in [2.75, 3.05) is 0 Å². The fourth-order valence-electron chi connectivity index (χ4n) is 2.15. The first kappa shape index (κ1) is 14.6. The lowest BCUT2D eigenvalue weighted by Crippen LogP contribution is -2.04. The zero-order valence-electron chi connectivity index (χ0n) is 12.1. The molecule has 112 valence electrons. The molecule has 0 aliphatic rings. The van der Waals surface area contributed by atoms with E-state index < -0.39 is 0 Å². The van der Waals surface area contributed by atoms with Crippen LogP contribution in [-0.2, 0) is 13.0 Å². The highest BCUT2D eigenvalue weighted by molar-refractivity contribution is 6.30. The Bertz CT molecular complexity index is 780. The molecule has 0 fully saturated rings. The van der Waals surface area contributed by atoms with Crippen LogP contribution < -0.4 is 4.74 Å². The lowest BCUT2D eigenvalue weighted by Gasteiger charge is -2.10. The second-order valence-electron chi connectivity index (χ2n) is 4.93. The van der Waals surface area contributed by atoms with Crippen molar-refractivity contribution in [3.8, 4) is 5.88 Å². The van der Waals surface area contributed by atoms with E-state index in [2.05, 4.69) is 16.7 Å². The van der Waals surface area contributed by atoms with Crippen LogP contribution in [0.3, 0.4) is 0 Å². The highest BCUT2D eigenvalue weighted by Gasteiger charge is 2.07. The summed E-state index contributed by atoms with van der Waals surface area (Å²) in [5, 5.41) is 4.97. The Morgan fingerprint density at radius 2 is 2.05 bits per heavy atom. The van der Waals surface area contributed by atoms with Gasteiger partial charge in [-0.15, -0.1) is 6.58 Å². The van der Waals surface area contributed by atoms with E-state index in [0.29, 0.717) is 17.5 Å². The van der Waals surface area contributed by atoms with Gasteiger partial charge >= 0.3 is 0 Å². The van der Waals surface area contributed by atoms with Gasteiger partial charge in [0.25, 0.3) is 0 Å². The molecule has 0 radical (unpaired) electrons. The minimum absolute atomic E-state index is 0.455. The molecule has 22 heavy (non-hydrogen) atoms. The predicted octanol–water partition coefficient (Wildman–Crippen LogP) is 4.08. The molecule has 3 aromatic rings.